The van der Waals surface area contributed by atoms with E-state index >= 15 is 0 Å². The van der Waals surface area contributed by atoms with Gasteiger partial charge in [0, 0.05) is 5.56 Å². The molecule has 0 aliphatic carbocycles. The minimum Gasteiger partial charge on any atom is -0.454 e. The first-order chi connectivity index (χ1) is 12.8. The largest absolute Gasteiger partial charge is 0.490 e. The number of fused-ring (bicyclic) bond motifs is 1. The van der Waals surface area contributed by atoms with Crippen molar-refractivity contribution in [3.8, 4) is 11.1 Å². The zero-order valence-electron chi connectivity index (χ0n) is 14.0. The zero-order chi connectivity index (χ0) is 19.6. The van der Waals surface area contributed by atoms with E-state index in [0.717, 1.165) is 16.3 Å². The summed E-state index contributed by atoms with van der Waals surface area (Å²) in [5.74, 6) is -2.25. The molecule has 138 valence electrons. The van der Waals surface area contributed by atoms with Crippen LogP contribution in [0.4, 0.5) is 13.2 Å². The van der Waals surface area contributed by atoms with Crippen LogP contribution >= 0.6 is 0 Å². The molecule has 0 spiro atoms. The van der Waals surface area contributed by atoms with Crippen molar-refractivity contribution in [2.45, 2.75) is 12.8 Å². The number of amidine groups is 1. The lowest BCUT2D eigenvalue weighted by Gasteiger charge is -2.12. The van der Waals surface area contributed by atoms with Gasteiger partial charge in [0.2, 0.25) is 0 Å². The molecule has 0 fully saturated rings. The fraction of sp³-hybridized carbons (Fsp3) is 0.100. The van der Waals surface area contributed by atoms with Crippen LogP contribution in [0.1, 0.15) is 11.1 Å². The second-order valence-corrected chi connectivity index (χ2v) is 5.92. The Morgan fingerprint density at radius 3 is 2.37 bits per heavy atom. The Kier molecular flexibility index (Phi) is 4.85. The summed E-state index contributed by atoms with van der Waals surface area (Å²) in [5.41, 5.74) is 8.02. The van der Waals surface area contributed by atoms with Crippen molar-refractivity contribution in [2.75, 3.05) is 0 Å². The standard InChI is InChI=1S/C20H15F3N2O2/c21-20(22,23)19(26)27-11-16-3-1-2-4-17(16)14-7-5-13-10-15(18(24)25)8-6-12(13)9-14/h1-10H,11H2,(H3,24,25). The number of esters is 1. The highest BCUT2D eigenvalue weighted by Crippen LogP contribution is 2.29. The van der Waals surface area contributed by atoms with Crippen molar-refractivity contribution in [1.29, 1.82) is 5.41 Å². The lowest BCUT2D eigenvalue weighted by atomic mass is 9.96. The number of rotatable bonds is 4. The molecule has 0 saturated carbocycles. The zero-order valence-corrected chi connectivity index (χ0v) is 14.0. The second kappa shape index (κ2) is 7.11. The maximum atomic E-state index is 12.3. The SMILES string of the molecule is N=C(N)c1ccc2cc(-c3ccccc3COC(=O)C(F)(F)F)ccc2c1. The first-order valence-corrected chi connectivity index (χ1v) is 7.96. The first kappa shape index (κ1) is 18.4. The molecule has 0 saturated heterocycles. The Morgan fingerprint density at radius 1 is 1.00 bits per heavy atom. The van der Waals surface area contributed by atoms with Gasteiger partial charge in [0.15, 0.2) is 0 Å². The van der Waals surface area contributed by atoms with Crippen LogP contribution in [-0.2, 0) is 16.1 Å². The van der Waals surface area contributed by atoms with Crippen molar-refractivity contribution in [3.05, 3.63) is 71.8 Å². The molecule has 0 radical (unpaired) electrons. The van der Waals surface area contributed by atoms with Gasteiger partial charge in [0.1, 0.15) is 12.4 Å². The number of nitrogen functional groups attached to an aromatic ring is 1. The van der Waals surface area contributed by atoms with Crippen LogP contribution in [0.3, 0.4) is 0 Å². The molecule has 0 bridgehead atoms. The number of carbonyl (C=O) groups excluding carboxylic acids is 1. The molecule has 3 aromatic carbocycles. The maximum absolute atomic E-state index is 12.3. The van der Waals surface area contributed by atoms with Gasteiger partial charge in [0.05, 0.1) is 0 Å². The van der Waals surface area contributed by atoms with Gasteiger partial charge in [-0.1, -0.05) is 48.5 Å². The molecule has 0 amide bonds. The normalized spacial score (nSPS) is 11.4. The van der Waals surface area contributed by atoms with E-state index in [2.05, 4.69) is 4.74 Å². The molecular weight excluding hydrogens is 357 g/mol. The maximum Gasteiger partial charge on any atom is 0.490 e. The van der Waals surface area contributed by atoms with Crippen LogP contribution in [0.15, 0.2) is 60.7 Å². The fourth-order valence-corrected chi connectivity index (χ4v) is 2.73. The van der Waals surface area contributed by atoms with Gasteiger partial charge in [-0.2, -0.15) is 13.2 Å². The average Bonchev–Trinajstić information content (AvgIpc) is 2.64. The van der Waals surface area contributed by atoms with Gasteiger partial charge in [-0.15, -0.1) is 0 Å². The molecule has 0 aliphatic heterocycles. The highest BCUT2D eigenvalue weighted by molar-refractivity contribution is 5.99. The van der Waals surface area contributed by atoms with Crippen molar-refractivity contribution in [3.63, 3.8) is 0 Å². The highest BCUT2D eigenvalue weighted by atomic mass is 19.4. The third kappa shape index (κ3) is 4.08. The number of alkyl halides is 3. The number of nitrogens with two attached hydrogens (primary N) is 1. The van der Waals surface area contributed by atoms with Crippen LogP contribution in [0.2, 0.25) is 0 Å². The van der Waals surface area contributed by atoms with Crippen LogP contribution < -0.4 is 5.73 Å². The topological polar surface area (TPSA) is 76.2 Å². The number of hydrogen-bond donors (Lipinski definition) is 2. The van der Waals surface area contributed by atoms with Crippen molar-refractivity contribution in [1.82, 2.24) is 0 Å². The summed E-state index contributed by atoms with van der Waals surface area (Å²) < 4.78 is 41.4. The number of carbonyl (C=O) groups is 1. The second-order valence-electron chi connectivity index (χ2n) is 5.92. The third-order valence-electron chi connectivity index (χ3n) is 4.07. The third-order valence-corrected chi connectivity index (χ3v) is 4.07. The lowest BCUT2D eigenvalue weighted by molar-refractivity contribution is -0.201. The van der Waals surface area contributed by atoms with E-state index in [1.165, 1.54) is 0 Å². The Bertz CT molecular complexity index is 1030. The van der Waals surface area contributed by atoms with Gasteiger partial charge in [0.25, 0.3) is 0 Å². The number of halogens is 3. The Balaban J connectivity index is 1.93. The average molecular weight is 372 g/mol. The van der Waals surface area contributed by atoms with Crippen LogP contribution in [0.25, 0.3) is 21.9 Å². The number of nitrogens with one attached hydrogen (secondary N) is 1. The Morgan fingerprint density at radius 2 is 1.67 bits per heavy atom. The molecule has 0 atom stereocenters. The summed E-state index contributed by atoms with van der Waals surface area (Å²) in [6, 6.07) is 17.7. The predicted molar refractivity (Wildman–Crippen MR) is 96.3 cm³/mol. The van der Waals surface area contributed by atoms with Gasteiger partial charge in [-0.3, -0.25) is 5.41 Å². The van der Waals surface area contributed by atoms with Gasteiger partial charge in [-0.25, -0.2) is 4.79 Å². The number of hydrogen-bond acceptors (Lipinski definition) is 3. The van der Waals surface area contributed by atoms with E-state index in [0.29, 0.717) is 16.7 Å². The van der Waals surface area contributed by atoms with Crippen molar-refractivity contribution in [2.24, 2.45) is 5.73 Å². The van der Waals surface area contributed by atoms with E-state index in [1.807, 2.05) is 24.3 Å². The summed E-state index contributed by atoms with van der Waals surface area (Å²) in [5, 5.41) is 9.27. The predicted octanol–water partition coefficient (Wildman–Crippen LogP) is 4.40. The van der Waals surface area contributed by atoms with Gasteiger partial charge in [-0.05, 0) is 39.6 Å². The van der Waals surface area contributed by atoms with Crippen molar-refractivity contribution >= 4 is 22.6 Å². The van der Waals surface area contributed by atoms with E-state index in [4.69, 9.17) is 11.1 Å². The molecule has 0 unspecified atom stereocenters. The quantitative estimate of drug-likeness (QED) is 0.405. The summed E-state index contributed by atoms with van der Waals surface area (Å²) in [4.78, 5) is 11.0. The molecule has 4 nitrogen and oxygen atoms in total. The molecule has 27 heavy (non-hydrogen) atoms. The molecule has 3 rings (SSSR count). The molecule has 0 aromatic heterocycles. The highest BCUT2D eigenvalue weighted by Gasteiger charge is 2.40. The minimum absolute atomic E-state index is 0.0298. The lowest BCUT2D eigenvalue weighted by Crippen LogP contribution is -2.25. The fourth-order valence-electron chi connectivity index (χ4n) is 2.73. The van der Waals surface area contributed by atoms with E-state index in [9.17, 15) is 18.0 Å². The minimum atomic E-state index is -5.02. The monoisotopic (exact) mass is 372 g/mol. The van der Waals surface area contributed by atoms with Crippen molar-refractivity contribution < 1.29 is 22.7 Å². The van der Waals surface area contributed by atoms with Crippen LogP contribution in [0.5, 0.6) is 0 Å². The summed E-state index contributed by atoms with van der Waals surface area (Å²) in [6.07, 6.45) is -5.02. The van der Waals surface area contributed by atoms with Crippen LogP contribution in [0, 0.1) is 5.41 Å². The van der Waals surface area contributed by atoms with Crippen LogP contribution in [-0.4, -0.2) is 18.0 Å². The molecule has 3 aromatic rings. The smallest absolute Gasteiger partial charge is 0.454 e. The number of ether oxygens (including phenoxy) is 1. The summed E-state index contributed by atoms with van der Waals surface area (Å²) in [7, 11) is 0. The van der Waals surface area contributed by atoms with Gasteiger partial charge >= 0.3 is 12.1 Å². The number of benzene rings is 3. The molecular formula is C20H15F3N2O2. The van der Waals surface area contributed by atoms with E-state index in [-0.39, 0.29) is 5.84 Å². The first-order valence-electron chi connectivity index (χ1n) is 7.96. The van der Waals surface area contributed by atoms with Gasteiger partial charge < -0.3 is 10.5 Å². The van der Waals surface area contributed by atoms with E-state index < -0.39 is 18.8 Å². The summed E-state index contributed by atoms with van der Waals surface area (Å²) in [6.45, 7) is -0.476. The summed E-state index contributed by atoms with van der Waals surface area (Å²) >= 11 is 0. The Labute approximate surface area is 152 Å². The van der Waals surface area contributed by atoms with E-state index in [1.54, 1.807) is 36.4 Å². The molecule has 7 heteroatoms. The Hall–Kier alpha value is -3.35. The molecule has 0 heterocycles. The molecule has 3 N–H and O–H groups in total. The molecule has 0 aliphatic rings.